The predicted molar refractivity (Wildman–Crippen MR) is 145 cm³/mol. The summed E-state index contributed by atoms with van der Waals surface area (Å²) in [7, 11) is 0. The zero-order valence-electron chi connectivity index (χ0n) is 20.4. The van der Waals surface area contributed by atoms with Crippen LogP contribution in [0.5, 0.6) is 0 Å². The maximum Gasteiger partial charge on any atom is 0.232 e. The Labute approximate surface area is 216 Å². The Balaban J connectivity index is 1.18. The fraction of sp³-hybridized carbons (Fsp3) is 0.323. The minimum absolute atomic E-state index is 0.143. The van der Waals surface area contributed by atoms with E-state index in [0.29, 0.717) is 23.7 Å². The molecule has 1 unspecified atom stereocenters. The summed E-state index contributed by atoms with van der Waals surface area (Å²) in [5.74, 6) is 1.24. The number of thioether (sulfide) groups is 1. The van der Waals surface area contributed by atoms with E-state index in [2.05, 4.69) is 54.6 Å². The predicted octanol–water partition coefficient (Wildman–Crippen LogP) is 6.88. The molecule has 0 N–H and O–H groups in total. The molecule has 0 aliphatic heterocycles. The highest BCUT2D eigenvalue weighted by atomic mass is 32.2. The Morgan fingerprint density at radius 1 is 1.06 bits per heavy atom. The van der Waals surface area contributed by atoms with Crippen molar-refractivity contribution in [2.24, 2.45) is 0 Å². The minimum atomic E-state index is 0.143. The van der Waals surface area contributed by atoms with Gasteiger partial charge in [-0.25, -0.2) is 4.98 Å². The lowest BCUT2D eigenvalue weighted by atomic mass is 9.82. The van der Waals surface area contributed by atoms with Gasteiger partial charge in [-0.15, -0.1) is 11.8 Å². The normalized spacial score (nSPS) is 16.8. The molecule has 6 rings (SSSR count). The van der Waals surface area contributed by atoms with Gasteiger partial charge in [0.15, 0.2) is 0 Å². The van der Waals surface area contributed by atoms with Crippen molar-refractivity contribution in [1.29, 1.82) is 5.26 Å². The maximum atomic E-state index is 13.4. The zero-order valence-corrected chi connectivity index (χ0v) is 21.2. The average Bonchev–Trinajstić information content (AvgIpc) is 3.27. The van der Waals surface area contributed by atoms with E-state index in [-0.39, 0.29) is 5.91 Å². The Morgan fingerprint density at radius 3 is 2.72 bits per heavy atom. The Morgan fingerprint density at radius 2 is 1.86 bits per heavy atom. The fourth-order valence-corrected chi connectivity index (χ4v) is 6.88. The number of fused-ring (bicyclic) bond motifs is 4. The van der Waals surface area contributed by atoms with E-state index < -0.39 is 0 Å². The highest BCUT2D eigenvalue weighted by molar-refractivity contribution is 7.99. The van der Waals surface area contributed by atoms with Crippen LogP contribution in [0.25, 0.3) is 10.9 Å². The molecule has 0 saturated carbocycles. The minimum Gasteiger partial charge on any atom is -0.284 e. The number of aryl methyl sites for hydroxylation is 2. The summed E-state index contributed by atoms with van der Waals surface area (Å²) in [6, 6.07) is 23.3. The van der Waals surface area contributed by atoms with Gasteiger partial charge in [0.1, 0.15) is 11.1 Å². The van der Waals surface area contributed by atoms with Gasteiger partial charge < -0.3 is 0 Å². The summed E-state index contributed by atoms with van der Waals surface area (Å²) in [5, 5.41) is 11.8. The van der Waals surface area contributed by atoms with E-state index in [4.69, 9.17) is 4.98 Å². The molecule has 1 atom stereocenters. The molecule has 0 saturated heterocycles. The maximum absolute atomic E-state index is 13.4. The van der Waals surface area contributed by atoms with Gasteiger partial charge in [-0.3, -0.25) is 9.36 Å². The molecular formula is C31H29N3OS. The first-order valence-electron chi connectivity index (χ1n) is 13.0. The van der Waals surface area contributed by atoms with Crippen LogP contribution in [-0.4, -0.2) is 21.2 Å². The van der Waals surface area contributed by atoms with Gasteiger partial charge in [0.25, 0.3) is 0 Å². The van der Waals surface area contributed by atoms with Crippen molar-refractivity contribution < 1.29 is 4.79 Å². The van der Waals surface area contributed by atoms with E-state index in [1.807, 2.05) is 16.7 Å². The largest absolute Gasteiger partial charge is 0.284 e. The summed E-state index contributed by atoms with van der Waals surface area (Å²) < 4.78 is 1.97. The van der Waals surface area contributed by atoms with Crippen molar-refractivity contribution in [2.75, 3.05) is 5.75 Å². The first-order valence-corrected chi connectivity index (χ1v) is 14.0. The number of para-hydroxylation sites is 1. The van der Waals surface area contributed by atoms with Crippen LogP contribution in [0, 0.1) is 11.3 Å². The van der Waals surface area contributed by atoms with Crippen LogP contribution in [0.1, 0.15) is 70.0 Å². The molecule has 4 nitrogen and oxygen atoms in total. The number of hydrogen-bond donors (Lipinski definition) is 0. The Bertz CT molecular complexity index is 1480. The van der Waals surface area contributed by atoms with Crippen LogP contribution in [0.15, 0.2) is 65.7 Å². The molecule has 4 aromatic rings. The number of pyridine rings is 1. The molecule has 0 amide bonds. The average molecular weight is 492 g/mol. The van der Waals surface area contributed by atoms with Crippen molar-refractivity contribution in [1.82, 2.24) is 9.55 Å². The van der Waals surface area contributed by atoms with Crippen molar-refractivity contribution >= 4 is 28.6 Å². The lowest BCUT2D eigenvalue weighted by Crippen LogP contribution is -2.17. The number of rotatable bonds is 5. The standard InChI is InChI=1S/C31H29N3OS/c32-20-24-19-23-18-22(21-8-2-1-3-9-21)14-15-27(23)33-31(24)36-17-16-30(35)34-28-12-6-4-10-25(28)26-11-5-7-13-29(26)34/h1-4,6,8-10,12,19,22H,5,7,11,13-18H2. The number of nitriles is 1. The van der Waals surface area contributed by atoms with Crippen molar-refractivity contribution in [3.8, 4) is 6.07 Å². The van der Waals surface area contributed by atoms with E-state index in [9.17, 15) is 10.1 Å². The number of nitrogens with zero attached hydrogens (tertiary/aromatic N) is 3. The van der Waals surface area contributed by atoms with Crippen molar-refractivity contribution in [3.63, 3.8) is 0 Å². The summed E-state index contributed by atoms with van der Waals surface area (Å²) >= 11 is 1.54. The molecule has 0 radical (unpaired) electrons. The Hall–Kier alpha value is -3.36. The highest BCUT2D eigenvalue weighted by Gasteiger charge is 2.25. The summed E-state index contributed by atoms with van der Waals surface area (Å²) in [4.78, 5) is 18.3. The fourth-order valence-electron chi connectivity index (χ4n) is 5.97. The molecule has 5 heteroatoms. The topological polar surface area (TPSA) is 58.7 Å². The van der Waals surface area contributed by atoms with Gasteiger partial charge in [-0.05, 0) is 79.7 Å². The lowest BCUT2D eigenvalue weighted by molar-refractivity contribution is 0.0912. The van der Waals surface area contributed by atoms with E-state index >= 15 is 0 Å². The quantitative estimate of drug-likeness (QED) is 0.286. The third-order valence-electron chi connectivity index (χ3n) is 7.73. The number of carbonyl (C=O) groups excluding carboxylic acids is 1. The van der Waals surface area contributed by atoms with Gasteiger partial charge >= 0.3 is 0 Å². The number of carbonyl (C=O) groups is 1. The molecule has 180 valence electrons. The number of hydrogen-bond acceptors (Lipinski definition) is 4. The monoisotopic (exact) mass is 491 g/mol. The molecule has 2 aromatic carbocycles. The van der Waals surface area contributed by atoms with Crippen molar-refractivity contribution in [3.05, 3.63) is 94.3 Å². The molecule has 0 bridgehead atoms. The van der Waals surface area contributed by atoms with E-state index in [1.54, 1.807) is 11.8 Å². The van der Waals surface area contributed by atoms with Gasteiger partial charge in [0.05, 0.1) is 11.1 Å². The molecular weight excluding hydrogens is 462 g/mol. The second-order valence-electron chi connectivity index (χ2n) is 9.89. The lowest BCUT2D eigenvalue weighted by Gasteiger charge is -2.25. The summed E-state index contributed by atoms with van der Waals surface area (Å²) in [6.07, 6.45) is 7.71. The van der Waals surface area contributed by atoms with Gasteiger partial charge in [-0.2, -0.15) is 5.26 Å². The molecule has 0 fully saturated rings. The van der Waals surface area contributed by atoms with E-state index in [1.165, 1.54) is 34.2 Å². The first kappa shape index (κ1) is 23.1. The molecule has 2 aliphatic carbocycles. The van der Waals surface area contributed by atoms with Crippen LogP contribution >= 0.6 is 11.8 Å². The highest BCUT2D eigenvalue weighted by Crippen LogP contribution is 2.35. The second-order valence-corrected chi connectivity index (χ2v) is 11.0. The van der Waals surface area contributed by atoms with Crippen LogP contribution in [0.2, 0.25) is 0 Å². The number of benzene rings is 2. The van der Waals surface area contributed by atoms with Crippen molar-refractivity contribution in [2.45, 2.75) is 62.3 Å². The third-order valence-corrected chi connectivity index (χ3v) is 8.72. The van der Waals surface area contributed by atoms with E-state index in [0.717, 1.165) is 54.8 Å². The van der Waals surface area contributed by atoms with Crippen LogP contribution in [0.4, 0.5) is 0 Å². The SMILES string of the molecule is N#Cc1cc2c(nc1SCCC(=O)n1c3c(c4ccccc41)CCCC3)CCC(c1ccccc1)C2. The molecule has 0 spiro atoms. The second kappa shape index (κ2) is 9.95. The van der Waals surface area contributed by atoms with Crippen LogP contribution < -0.4 is 0 Å². The third kappa shape index (κ3) is 4.24. The molecule has 2 aliphatic rings. The van der Waals surface area contributed by atoms with Gasteiger partial charge in [0.2, 0.25) is 5.91 Å². The molecule has 2 heterocycles. The van der Waals surface area contributed by atoms with Gasteiger partial charge in [0, 0.05) is 28.9 Å². The van der Waals surface area contributed by atoms with Crippen LogP contribution in [-0.2, 0) is 25.7 Å². The summed E-state index contributed by atoms with van der Waals surface area (Å²) in [5.41, 5.74) is 7.89. The zero-order chi connectivity index (χ0) is 24.5. The first-order chi connectivity index (χ1) is 17.7. The molecule has 2 aromatic heterocycles. The van der Waals surface area contributed by atoms with Crippen LogP contribution in [0.3, 0.4) is 0 Å². The number of aromatic nitrogens is 2. The smallest absolute Gasteiger partial charge is 0.232 e. The van der Waals surface area contributed by atoms with Gasteiger partial charge in [-0.1, -0.05) is 48.5 Å². The summed E-state index contributed by atoms with van der Waals surface area (Å²) in [6.45, 7) is 0. The Kier molecular flexibility index (Phi) is 6.37. The molecule has 36 heavy (non-hydrogen) atoms.